The molecular formula is C16H20F3N. The van der Waals surface area contributed by atoms with Crippen molar-refractivity contribution in [3.8, 4) is 0 Å². The number of benzene rings is 1. The van der Waals surface area contributed by atoms with Gasteiger partial charge in [-0.15, -0.1) is 0 Å². The van der Waals surface area contributed by atoms with Crippen molar-refractivity contribution in [1.29, 1.82) is 0 Å². The molecule has 2 unspecified atom stereocenters. The van der Waals surface area contributed by atoms with Gasteiger partial charge in [-0.25, -0.2) is 0 Å². The topological polar surface area (TPSA) is 26.0 Å². The van der Waals surface area contributed by atoms with Gasteiger partial charge in [0.15, 0.2) is 0 Å². The van der Waals surface area contributed by atoms with Crippen molar-refractivity contribution in [3.63, 3.8) is 0 Å². The van der Waals surface area contributed by atoms with Gasteiger partial charge in [0.2, 0.25) is 0 Å². The van der Waals surface area contributed by atoms with Crippen LogP contribution < -0.4 is 5.73 Å². The number of halogens is 3. The van der Waals surface area contributed by atoms with E-state index >= 15 is 0 Å². The molecule has 1 nitrogen and oxygen atoms in total. The van der Waals surface area contributed by atoms with Crippen LogP contribution in [-0.4, -0.2) is 6.04 Å². The van der Waals surface area contributed by atoms with Gasteiger partial charge in [0.25, 0.3) is 0 Å². The van der Waals surface area contributed by atoms with Crippen LogP contribution in [0.4, 0.5) is 13.2 Å². The van der Waals surface area contributed by atoms with Crippen molar-refractivity contribution in [3.05, 3.63) is 35.4 Å². The summed E-state index contributed by atoms with van der Waals surface area (Å²) in [6.45, 7) is 0. The van der Waals surface area contributed by atoms with Gasteiger partial charge in [-0.3, -0.25) is 0 Å². The molecule has 3 rings (SSSR count). The predicted molar refractivity (Wildman–Crippen MR) is 72.3 cm³/mol. The number of hydrogen-bond donors (Lipinski definition) is 1. The Morgan fingerprint density at radius 1 is 1.00 bits per heavy atom. The van der Waals surface area contributed by atoms with Crippen molar-refractivity contribution in [2.24, 2.45) is 11.7 Å². The molecule has 0 heterocycles. The highest BCUT2D eigenvalue weighted by Crippen LogP contribution is 2.54. The maximum atomic E-state index is 12.7. The maximum absolute atomic E-state index is 12.7. The Labute approximate surface area is 117 Å². The lowest BCUT2D eigenvalue weighted by atomic mass is 9.56. The summed E-state index contributed by atoms with van der Waals surface area (Å²) in [5.74, 6) is 0.438. The third kappa shape index (κ3) is 2.14. The second kappa shape index (κ2) is 4.76. The first-order chi connectivity index (χ1) is 9.43. The standard InChI is InChI=1S/C16H20F3N/c17-16(18,19)12-7-5-11(6-8-12)15(9-2-10-15)13-3-1-4-14(13)20/h5-8,13-14H,1-4,9-10,20H2. The first kappa shape index (κ1) is 13.9. The fourth-order valence-electron chi connectivity index (χ4n) is 4.10. The molecule has 1 aromatic carbocycles. The van der Waals surface area contributed by atoms with E-state index in [1.54, 1.807) is 12.1 Å². The molecule has 2 fully saturated rings. The molecule has 1 aromatic rings. The van der Waals surface area contributed by atoms with Gasteiger partial charge in [0.1, 0.15) is 0 Å². The minimum atomic E-state index is -4.25. The van der Waals surface area contributed by atoms with Crippen molar-refractivity contribution in [2.45, 2.75) is 56.2 Å². The summed E-state index contributed by atoms with van der Waals surface area (Å²) in [5, 5.41) is 0. The highest BCUT2D eigenvalue weighted by atomic mass is 19.4. The van der Waals surface area contributed by atoms with Gasteiger partial charge >= 0.3 is 6.18 Å². The van der Waals surface area contributed by atoms with E-state index in [9.17, 15) is 13.2 Å². The SMILES string of the molecule is NC1CCCC1C1(c2ccc(C(F)(F)F)cc2)CCC1. The van der Waals surface area contributed by atoms with Crippen LogP contribution >= 0.6 is 0 Å². The monoisotopic (exact) mass is 283 g/mol. The zero-order valence-corrected chi connectivity index (χ0v) is 11.4. The molecule has 2 atom stereocenters. The van der Waals surface area contributed by atoms with E-state index in [2.05, 4.69) is 0 Å². The molecule has 0 amide bonds. The second-order valence-electron chi connectivity index (χ2n) is 6.29. The van der Waals surface area contributed by atoms with Crippen LogP contribution in [0.1, 0.15) is 49.7 Å². The summed E-state index contributed by atoms with van der Waals surface area (Å²) >= 11 is 0. The van der Waals surface area contributed by atoms with Gasteiger partial charge in [0, 0.05) is 6.04 Å². The molecule has 0 bridgehead atoms. The normalized spacial score (nSPS) is 29.2. The first-order valence-corrected chi connectivity index (χ1v) is 7.37. The second-order valence-corrected chi connectivity index (χ2v) is 6.29. The zero-order chi connectivity index (χ0) is 14.4. The van der Waals surface area contributed by atoms with Gasteiger partial charge in [-0.2, -0.15) is 13.2 Å². The van der Waals surface area contributed by atoms with Crippen LogP contribution in [0.15, 0.2) is 24.3 Å². The molecule has 0 aliphatic heterocycles. The highest BCUT2D eigenvalue weighted by Gasteiger charge is 2.48. The van der Waals surface area contributed by atoms with E-state index in [1.165, 1.54) is 12.1 Å². The van der Waals surface area contributed by atoms with Gasteiger partial charge in [-0.1, -0.05) is 25.0 Å². The summed E-state index contributed by atoms with van der Waals surface area (Å²) in [7, 11) is 0. The molecule has 0 radical (unpaired) electrons. The lowest BCUT2D eigenvalue weighted by Gasteiger charge is -2.49. The molecule has 2 saturated carbocycles. The maximum Gasteiger partial charge on any atom is 0.416 e. The van der Waals surface area contributed by atoms with E-state index in [1.807, 2.05) is 0 Å². The van der Waals surface area contributed by atoms with Gasteiger partial charge in [0.05, 0.1) is 5.56 Å². The Morgan fingerprint density at radius 2 is 1.65 bits per heavy atom. The van der Waals surface area contributed by atoms with Crippen LogP contribution in [0.3, 0.4) is 0 Å². The van der Waals surface area contributed by atoms with Crippen molar-refractivity contribution in [1.82, 2.24) is 0 Å². The summed E-state index contributed by atoms with van der Waals surface area (Å²) in [5.41, 5.74) is 6.76. The summed E-state index contributed by atoms with van der Waals surface area (Å²) in [6.07, 6.45) is 2.34. The number of alkyl halides is 3. The number of rotatable bonds is 2. The van der Waals surface area contributed by atoms with E-state index in [-0.39, 0.29) is 11.5 Å². The minimum Gasteiger partial charge on any atom is -0.327 e. The molecular weight excluding hydrogens is 263 g/mol. The molecule has 20 heavy (non-hydrogen) atoms. The highest BCUT2D eigenvalue weighted by molar-refractivity contribution is 5.34. The number of nitrogens with two attached hydrogens (primary N) is 1. The van der Waals surface area contributed by atoms with Crippen LogP contribution in [0.2, 0.25) is 0 Å². The lowest BCUT2D eigenvalue weighted by Crippen LogP contribution is -2.47. The molecule has 0 saturated heterocycles. The fraction of sp³-hybridized carbons (Fsp3) is 0.625. The number of hydrogen-bond acceptors (Lipinski definition) is 1. The third-order valence-corrected chi connectivity index (χ3v) is 5.31. The van der Waals surface area contributed by atoms with E-state index in [0.29, 0.717) is 5.92 Å². The van der Waals surface area contributed by atoms with E-state index < -0.39 is 11.7 Å². The molecule has 2 aliphatic rings. The quantitative estimate of drug-likeness (QED) is 0.862. The molecule has 0 aromatic heterocycles. The molecule has 4 heteroatoms. The first-order valence-electron chi connectivity index (χ1n) is 7.37. The Morgan fingerprint density at radius 3 is 2.05 bits per heavy atom. The zero-order valence-electron chi connectivity index (χ0n) is 11.4. The van der Waals surface area contributed by atoms with Crippen molar-refractivity contribution in [2.75, 3.05) is 0 Å². The summed E-state index contributed by atoms with van der Waals surface area (Å²) in [6, 6.07) is 5.99. The van der Waals surface area contributed by atoms with Crippen LogP contribution in [0, 0.1) is 5.92 Å². The van der Waals surface area contributed by atoms with Crippen molar-refractivity contribution < 1.29 is 13.2 Å². The van der Waals surface area contributed by atoms with Crippen molar-refractivity contribution >= 4 is 0 Å². The largest absolute Gasteiger partial charge is 0.416 e. The Balaban J connectivity index is 1.90. The van der Waals surface area contributed by atoms with Gasteiger partial charge < -0.3 is 5.73 Å². The summed E-state index contributed by atoms with van der Waals surface area (Å²) in [4.78, 5) is 0. The smallest absolute Gasteiger partial charge is 0.327 e. The molecule has 2 aliphatic carbocycles. The predicted octanol–water partition coefficient (Wildman–Crippen LogP) is 4.25. The minimum absolute atomic E-state index is 0.0417. The molecule has 110 valence electrons. The Hall–Kier alpha value is -1.03. The average molecular weight is 283 g/mol. The van der Waals surface area contributed by atoms with E-state index in [0.717, 1.165) is 44.1 Å². The average Bonchev–Trinajstić information content (AvgIpc) is 2.75. The van der Waals surface area contributed by atoms with Crippen LogP contribution in [0.25, 0.3) is 0 Å². The van der Waals surface area contributed by atoms with Gasteiger partial charge in [-0.05, 0) is 54.7 Å². The lowest BCUT2D eigenvalue weighted by molar-refractivity contribution is -0.137. The molecule has 2 N–H and O–H groups in total. The van der Waals surface area contributed by atoms with E-state index in [4.69, 9.17) is 5.73 Å². The Kier molecular flexibility index (Phi) is 3.32. The summed E-state index contributed by atoms with van der Waals surface area (Å²) < 4.78 is 38.0. The fourth-order valence-corrected chi connectivity index (χ4v) is 4.10. The third-order valence-electron chi connectivity index (χ3n) is 5.31. The Bertz CT molecular complexity index is 473. The molecule has 0 spiro atoms. The van der Waals surface area contributed by atoms with Crippen LogP contribution in [0.5, 0.6) is 0 Å². The van der Waals surface area contributed by atoms with Crippen LogP contribution in [-0.2, 0) is 11.6 Å².